The molecule has 1 atom stereocenters. The third-order valence-electron chi connectivity index (χ3n) is 3.72. The molecule has 1 aromatic rings. The van der Waals surface area contributed by atoms with Crippen LogP contribution in [-0.2, 0) is 4.79 Å². The van der Waals surface area contributed by atoms with Gasteiger partial charge in [-0.3, -0.25) is 4.79 Å². The first-order chi connectivity index (χ1) is 9.47. The lowest BCUT2D eigenvalue weighted by molar-refractivity contribution is -0.128. The second-order valence-electron chi connectivity index (χ2n) is 6.60. The number of piperidine rings is 1. The van der Waals surface area contributed by atoms with E-state index in [9.17, 15) is 4.79 Å². The van der Waals surface area contributed by atoms with E-state index in [2.05, 4.69) is 21.3 Å². The highest BCUT2D eigenvalue weighted by atomic mass is 16.2. The van der Waals surface area contributed by atoms with Crippen LogP contribution in [0.2, 0.25) is 0 Å². The van der Waals surface area contributed by atoms with Gasteiger partial charge in [-0.05, 0) is 30.9 Å². The van der Waals surface area contributed by atoms with Gasteiger partial charge >= 0.3 is 0 Å². The van der Waals surface area contributed by atoms with E-state index in [4.69, 9.17) is 0 Å². The van der Waals surface area contributed by atoms with Crippen LogP contribution >= 0.6 is 0 Å². The summed E-state index contributed by atoms with van der Waals surface area (Å²) in [6.07, 6.45) is 4.17. The highest BCUT2D eigenvalue weighted by molar-refractivity contribution is 5.81. The van der Waals surface area contributed by atoms with Gasteiger partial charge in [0, 0.05) is 31.2 Å². The standard InChI is InChI=1S/C16H25N3O/c1-16(2,3)15(20)18-11-13-7-6-10-19(12-13)14-8-4-5-9-17-14/h4-5,8-9,13H,6-7,10-12H2,1-3H3,(H,18,20). The van der Waals surface area contributed by atoms with Gasteiger partial charge in [0.05, 0.1) is 0 Å². The first kappa shape index (κ1) is 14.8. The number of nitrogens with zero attached hydrogens (tertiary/aromatic N) is 2. The molecule has 1 fully saturated rings. The summed E-state index contributed by atoms with van der Waals surface area (Å²) in [4.78, 5) is 18.6. The van der Waals surface area contributed by atoms with Crippen LogP contribution in [0.25, 0.3) is 0 Å². The first-order valence-corrected chi connectivity index (χ1v) is 7.41. The van der Waals surface area contributed by atoms with Crippen molar-refractivity contribution in [3.05, 3.63) is 24.4 Å². The van der Waals surface area contributed by atoms with E-state index >= 15 is 0 Å². The summed E-state index contributed by atoms with van der Waals surface area (Å²) in [5.74, 6) is 1.68. The van der Waals surface area contributed by atoms with Crippen molar-refractivity contribution in [2.24, 2.45) is 11.3 Å². The Morgan fingerprint density at radius 2 is 2.25 bits per heavy atom. The van der Waals surface area contributed by atoms with Crippen LogP contribution in [0.1, 0.15) is 33.6 Å². The molecule has 4 heteroatoms. The van der Waals surface area contributed by atoms with Crippen LogP contribution < -0.4 is 10.2 Å². The lowest BCUT2D eigenvalue weighted by Crippen LogP contribution is -2.43. The summed E-state index contributed by atoms with van der Waals surface area (Å²) in [6.45, 7) is 8.64. The van der Waals surface area contributed by atoms with Crippen LogP contribution in [0.3, 0.4) is 0 Å². The number of carbonyl (C=O) groups is 1. The topological polar surface area (TPSA) is 45.2 Å². The van der Waals surface area contributed by atoms with Crippen LogP contribution in [0.4, 0.5) is 5.82 Å². The summed E-state index contributed by atoms with van der Waals surface area (Å²) in [5.41, 5.74) is -0.310. The predicted molar refractivity (Wildman–Crippen MR) is 81.6 cm³/mol. The van der Waals surface area contributed by atoms with Gasteiger partial charge < -0.3 is 10.2 Å². The molecule has 4 nitrogen and oxygen atoms in total. The number of pyridine rings is 1. The zero-order valence-electron chi connectivity index (χ0n) is 12.7. The molecule has 1 unspecified atom stereocenters. The minimum atomic E-state index is -0.310. The van der Waals surface area contributed by atoms with E-state index in [1.807, 2.05) is 39.1 Å². The van der Waals surface area contributed by atoms with Crippen LogP contribution in [-0.4, -0.2) is 30.5 Å². The van der Waals surface area contributed by atoms with Gasteiger partial charge in [0.25, 0.3) is 0 Å². The van der Waals surface area contributed by atoms with Crippen molar-refractivity contribution in [3.8, 4) is 0 Å². The monoisotopic (exact) mass is 275 g/mol. The van der Waals surface area contributed by atoms with Crippen molar-refractivity contribution in [1.29, 1.82) is 0 Å². The lowest BCUT2D eigenvalue weighted by Gasteiger charge is -2.34. The molecule has 1 aromatic heterocycles. The highest BCUT2D eigenvalue weighted by Gasteiger charge is 2.24. The smallest absolute Gasteiger partial charge is 0.225 e. The fourth-order valence-electron chi connectivity index (χ4n) is 2.48. The molecule has 0 radical (unpaired) electrons. The molecule has 1 amide bonds. The van der Waals surface area contributed by atoms with E-state index in [-0.39, 0.29) is 11.3 Å². The Hall–Kier alpha value is -1.58. The quantitative estimate of drug-likeness (QED) is 0.921. The number of nitrogens with one attached hydrogen (secondary N) is 1. The second kappa shape index (κ2) is 6.25. The number of amides is 1. The first-order valence-electron chi connectivity index (χ1n) is 7.41. The highest BCUT2D eigenvalue weighted by Crippen LogP contribution is 2.21. The Morgan fingerprint density at radius 3 is 2.90 bits per heavy atom. The number of hydrogen-bond acceptors (Lipinski definition) is 3. The molecule has 2 rings (SSSR count). The summed E-state index contributed by atoms with van der Waals surface area (Å²) in [5, 5.41) is 3.08. The molecule has 1 aliphatic rings. The van der Waals surface area contributed by atoms with Crippen molar-refractivity contribution in [2.75, 3.05) is 24.5 Å². The van der Waals surface area contributed by atoms with Crippen molar-refractivity contribution in [2.45, 2.75) is 33.6 Å². The largest absolute Gasteiger partial charge is 0.356 e. The van der Waals surface area contributed by atoms with Gasteiger partial charge in [-0.15, -0.1) is 0 Å². The molecule has 0 bridgehead atoms. The van der Waals surface area contributed by atoms with Crippen molar-refractivity contribution in [3.63, 3.8) is 0 Å². The molecule has 0 saturated carbocycles. The lowest BCUT2D eigenvalue weighted by atomic mass is 9.94. The number of anilines is 1. The number of aromatic nitrogens is 1. The molecule has 1 aliphatic heterocycles. The molecule has 1 saturated heterocycles. The maximum Gasteiger partial charge on any atom is 0.225 e. The zero-order chi connectivity index (χ0) is 14.6. The fraction of sp³-hybridized carbons (Fsp3) is 0.625. The molecular weight excluding hydrogens is 250 g/mol. The fourth-order valence-corrected chi connectivity index (χ4v) is 2.48. The van der Waals surface area contributed by atoms with Gasteiger partial charge in [-0.25, -0.2) is 4.98 Å². The van der Waals surface area contributed by atoms with Gasteiger partial charge in [-0.2, -0.15) is 0 Å². The molecule has 0 aliphatic carbocycles. The molecule has 110 valence electrons. The Morgan fingerprint density at radius 1 is 1.45 bits per heavy atom. The Kier molecular flexibility index (Phi) is 4.63. The van der Waals surface area contributed by atoms with Crippen molar-refractivity contribution >= 4 is 11.7 Å². The zero-order valence-corrected chi connectivity index (χ0v) is 12.7. The third-order valence-corrected chi connectivity index (χ3v) is 3.72. The van der Waals surface area contributed by atoms with Crippen LogP contribution in [0, 0.1) is 11.3 Å². The normalized spacial score (nSPS) is 19.8. The SMILES string of the molecule is CC(C)(C)C(=O)NCC1CCCN(c2ccccn2)C1. The Bertz CT molecular complexity index is 439. The van der Waals surface area contributed by atoms with Gasteiger partial charge in [0.15, 0.2) is 0 Å². The Labute approximate surface area is 121 Å². The predicted octanol–water partition coefficient (Wildman–Crippen LogP) is 2.46. The van der Waals surface area contributed by atoms with Crippen LogP contribution in [0.15, 0.2) is 24.4 Å². The molecular formula is C16H25N3O. The van der Waals surface area contributed by atoms with Gasteiger partial charge in [-0.1, -0.05) is 26.8 Å². The summed E-state index contributed by atoms with van der Waals surface area (Å²) < 4.78 is 0. The number of carbonyl (C=O) groups excluding carboxylic acids is 1. The maximum atomic E-state index is 11.9. The Balaban J connectivity index is 1.87. The van der Waals surface area contributed by atoms with E-state index in [1.54, 1.807) is 0 Å². The van der Waals surface area contributed by atoms with E-state index < -0.39 is 0 Å². The molecule has 0 spiro atoms. The summed E-state index contributed by atoms with van der Waals surface area (Å²) >= 11 is 0. The van der Waals surface area contributed by atoms with Gasteiger partial charge in [0.2, 0.25) is 5.91 Å². The minimum Gasteiger partial charge on any atom is -0.356 e. The van der Waals surface area contributed by atoms with E-state index in [0.717, 1.165) is 31.9 Å². The molecule has 0 aromatic carbocycles. The number of hydrogen-bond donors (Lipinski definition) is 1. The van der Waals surface area contributed by atoms with Gasteiger partial charge in [0.1, 0.15) is 5.82 Å². The number of rotatable bonds is 3. The summed E-state index contributed by atoms with van der Waals surface area (Å²) in [7, 11) is 0. The third kappa shape index (κ3) is 3.95. The maximum absolute atomic E-state index is 11.9. The minimum absolute atomic E-state index is 0.132. The molecule has 1 N–H and O–H groups in total. The second-order valence-corrected chi connectivity index (χ2v) is 6.60. The molecule has 20 heavy (non-hydrogen) atoms. The van der Waals surface area contributed by atoms with Crippen molar-refractivity contribution in [1.82, 2.24) is 10.3 Å². The van der Waals surface area contributed by atoms with Crippen molar-refractivity contribution < 1.29 is 4.79 Å². The average Bonchev–Trinajstić information content (AvgIpc) is 2.45. The molecule has 2 heterocycles. The van der Waals surface area contributed by atoms with E-state index in [0.29, 0.717) is 5.92 Å². The summed E-state index contributed by atoms with van der Waals surface area (Å²) in [6, 6.07) is 6.01. The van der Waals surface area contributed by atoms with Crippen LogP contribution in [0.5, 0.6) is 0 Å². The van der Waals surface area contributed by atoms with E-state index in [1.165, 1.54) is 6.42 Å². The average molecular weight is 275 g/mol.